The van der Waals surface area contributed by atoms with Gasteiger partial charge in [-0.05, 0) is 49.2 Å². The first-order chi connectivity index (χ1) is 12.4. The van der Waals surface area contributed by atoms with Crippen LogP contribution < -0.4 is 14.2 Å². The van der Waals surface area contributed by atoms with E-state index in [1.54, 1.807) is 34.1 Å². The summed E-state index contributed by atoms with van der Waals surface area (Å²) in [6.07, 6.45) is 3.92. The first-order valence-corrected chi connectivity index (χ1v) is 8.22. The fourth-order valence-electron chi connectivity index (χ4n) is 2.17. The topological polar surface area (TPSA) is 65.0 Å². The van der Waals surface area contributed by atoms with Crippen molar-refractivity contribution in [1.82, 2.24) is 0 Å². The van der Waals surface area contributed by atoms with E-state index < -0.39 is 11.4 Å². The molecule has 5 heteroatoms. The normalized spacial score (nSPS) is 11.4. The Morgan fingerprint density at radius 2 is 1.69 bits per heavy atom. The summed E-state index contributed by atoms with van der Waals surface area (Å²) < 4.78 is 16.3. The predicted octanol–water partition coefficient (Wildman–Crippen LogP) is 4.36. The molecular weight excluding hydrogens is 332 g/mol. The average molecular weight is 356 g/mol. The van der Waals surface area contributed by atoms with Crippen LogP contribution in [0.5, 0.6) is 17.2 Å². The summed E-state index contributed by atoms with van der Waals surface area (Å²) in [4.78, 5) is 11.2. The molecule has 0 aliphatic heterocycles. The van der Waals surface area contributed by atoms with Crippen LogP contribution in [0.4, 0.5) is 0 Å². The Bertz CT molecular complexity index is 793. The number of benzene rings is 2. The zero-order valence-electron chi connectivity index (χ0n) is 15.5. The molecule has 0 aliphatic rings. The fourth-order valence-corrected chi connectivity index (χ4v) is 2.17. The second-order valence-corrected chi connectivity index (χ2v) is 6.50. The third-order valence-electron chi connectivity index (χ3n) is 3.92. The summed E-state index contributed by atoms with van der Waals surface area (Å²) in [5.74, 6) is 0.951. The summed E-state index contributed by atoms with van der Waals surface area (Å²) in [7, 11) is 3.19. The second-order valence-electron chi connectivity index (χ2n) is 6.50. The monoisotopic (exact) mass is 356 g/mol. The van der Waals surface area contributed by atoms with E-state index in [1.807, 2.05) is 48.6 Å². The Labute approximate surface area is 153 Å². The summed E-state index contributed by atoms with van der Waals surface area (Å²) in [5.41, 5.74) is 0.934. The molecule has 0 atom stereocenters. The molecule has 26 heavy (non-hydrogen) atoms. The van der Waals surface area contributed by atoms with E-state index in [4.69, 9.17) is 14.2 Å². The van der Waals surface area contributed by atoms with Crippen LogP contribution in [-0.2, 0) is 4.79 Å². The SMILES string of the molecule is COc1cccc(/C=C/c2ccc(OC)c(OCC(C)(C)C(=O)O)c2)c1. The molecule has 0 spiro atoms. The summed E-state index contributed by atoms with van der Waals surface area (Å²) in [5, 5.41) is 9.22. The lowest BCUT2D eigenvalue weighted by atomic mass is 9.95. The van der Waals surface area contributed by atoms with Gasteiger partial charge in [0.2, 0.25) is 0 Å². The Hall–Kier alpha value is -2.95. The summed E-state index contributed by atoms with van der Waals surface area (Å²) in [6.45, 7) is 3.28. The van der Waals surface area contributed by atoms with Crippen LogP contribution in [0.3, 0.4) is 0 Å². The molecule has 0 unspecified atom stereocenters. The third-order valence-corrected chi connectivity index (χ3v) is 3.92. The third kappa shape index (κ3) is 5.02. The van der Waals surface area contributed by atoms with Crippen LogP contribution >= 0.6 is 0 Å². The molecule has 0 saturated heterocycles. The van der Waals surface area contributed by atoms with Gasteiger partial charge in [-0.3, -0.25) is 4.79 Å². The number of rotatable bonds is 8. The van der Waals surface area contributed by atoms with Gasteiger partial charge in [-0.2, -0.15) is 0 Å². The Morgan fingerprint density at radius 3 is 2.31 bits per heavy atom. The van der Waals surface area contributed by atoms with Gasteiger partial charge in [0.15, 0.2) is 11.5 Å². The molecule has 0 amide bonds. The van der Waals surface area contributed by atoms with Crippen LogP contribution in [0.25, 0.3) is 12.2 Å². The van der Waals surface area contributed by atoms with Gasteiger partial charge in [-0.15, -0.1) is 0 Å². The van der Waals surface area contributed by atoms with Gasteiger partial charge in [0.1, 0.15) is 12.4 Å². The quantitative estimate of drug-likeness (QED) is 0.712. The molecule has 5 nitrogen and oxygen atoms in total. The van der Waals surface area contributed by atoms with E-state index >= 15 is 0 Å². The molecule has 2 rings (SSSR count). The van der Waals surface area contributed by atoms with E-state index in [-0.39, 0.29) is 6.61 Å². The number of ether oxygens (including phenoxy) is 3. The largest absolute Gasteiger partial charge is 0.497 e. The van der Waals surface area contributed by atoms with E-state index in [2.05, 4.69) is 0 Å². The lowest BCUT2D eigenvalue weighted by Gasteiger charge is -2.20. The molecule has 1 N–H and O–H groups in total. The van der Waals surface area contributed by atoms with Crippen molar-refractivity contribution in [3.05, 3.63) is 53.6 Å². The van der Waals surface area contributed by atoms with Gasteiger partial charge in [0.05, 0.1) is 19.6 Å². The van der Waals surface area contributed by atoms with Crippen molar-refractivity contribution in [1.29, 1.82) is 0 Å². The number of aliphatic carboxylic acids is 1. The zero-order chi connectivity index (χ0) is 19.2. The van der Waals surface area contributed by atoms with E-state index in [1.165, 1.54) is 0 Å². The molecule has 0 heterocycles. The van der Waals surface area contributed by atoms with Crippen LogP contribution in [0.15, 0.2) is 42.5 Å². The standard InChI is InChI=1S/C21H24O5/c1-21(2,20(22)23)14-26-19-13-16(10-11-18(19)25-4)9-8-15-6-5-7-17(12-15)24-3/h5-13H,14H2,1-4H3,(H,22,23)/b9-8+. The van der Waals surface area contributed by atoms with Crippen molar-refractivity contribution in [3.8, 4) is 17.2 Å². The highest BCUT2D eigenvalue weighted by molar-refractivity contribution is 5.74. The Balaban J connectivity index is 2.20. The van der Waals surface area contributed by atoms with Crippen molar-refractivity contribution in [3.63, 3.8) is 0 Å². The first kappa shape index (κ1) is 19.4. The molecule has 2 aromatic carbocycles. The minimum Gasteiger partial charge on any atom is -0.497 e. The number of hydrogen-bond donors (Lipinski definition) is 1. The number of carboxylic acids is 1. The van der Waals surface area contributed by atoms with Crippen LogP contribution in [-0.4, -0.2) is 31.9 Å². The lowest BCUT2D eigenvalue weighted by molar-refractivity contribution is -0.148. The van der Waals surface area contributed by atoms with Gasteiger partial charge in [0, 0.05) is 0 Å². The van der Waals surface area contributed by atoms with E-state index in [0.717, 1.165) is 16.9 Å². The van der Waals surface area contributed by atoms with Crippen LogP contribution in [0.2, 0.25) is 0 Å². The van der Waals surface area contributed by atoms with Gasteiger partial charge < -0.3 is 19.3 Å². The maximum Gasteiger partial charge on any atom is 0.312 e. The van der Waals surface area contributed by atoms with Gasteiger partial charge in [-0.1, -0.05) is 30.4 Å². The molecule has 0 saturated carbocycles. The Kier molecular flexibility index (Phi) is 6.28. The molecule has 0 aromatic heterocycles. The highest BCUT2D eigenvalue weighted by Gasteiger charge is 2.28. The molecule has 0 fully saturated rings. The van der Waals surface area contributed by atoms with Gasteiger partial charge in [0.25, 0.3) is 0 Å². The smallest absolute Gasteiger partial charge is 0.312 e. The average Bonchev–Trinajstić information content (AvgIpc) is 2.64. The molecule has 0 aliphatic carbocycles. The maximum absolute atomic E-state index is 11.2. The summed E-state index contributed by atoms with van der Waals surface area (Å²) in [6, 6.07) is 13.3. The van der Waals surface area contributed by atoms with Crippen LogP contribution in [0.1, 0.15) is 25.0 Å². The lowest BCUT2D eigenvalue weighted by Crippen LogP contribution is -2.30. The highest BCUT2D eigenvalue weighted by Crippen LogP contribution is 2.30. The number of carboxylic acid groups (broad SMARTS) is 1. The maximum atomic E-state index is 11.2. The number of carbonyl (C=O) groups is 1. The van der Waals surface area contributed by atoms with Crippen molar-refractivity contribution in [2.75, 3.05) is 20.8 Å². The predicted molar refractivity (Wildman–Crippen MR) is 102 cm³/mol. The van der Waals surface area contributed by atoms with Gasteiger partial charge >= 0.3 is 5.97 Å². The Morgan fingerprint density at radius 1 is 1.00 bits per heavy atom. The molecular formula is C21H24O5. The van der Waals surface area contributed by atoms with Crippen LogP contribution in [0, 0.1) is 5.41 Å². The minimum atomic E-state index is -0.989. The highest BCUT2D eigenvalue weighted by atomic mass is 16.5. The summed E-state index contributed by atoms with van der Waals surface area (Å²) >= 11 is 0. The molecule has 0 bridgehead atoms. The number of hydrogen-bond acceptors (Lipinski definition) is 4. The van der Waals surface area contributed by atoms with E-state index in [0.29, 0.717) is 11.5 Å². The van der Waals surface area contributed by atoms with E-state index in [9.17, 15) is 9.90 Å². The fraction of sp³-hybridized carbons (Fsp3) is 0.286. The molecule has 2 aromatic rings. The van der Waals surface area contributed by atoms with Crippen molar-refractivity contribution < 1.29 is 24.1 Å². The van der Waals surface area contributed by atoms with Gasteiger partial charge in [-0.25, -0.2) is 0 Å². The van der Waals surface area contributed by atoms with Crippen molar-refractivity contribution >= 4 is 18.1 Å². The zero-order valence-corrected chi connectivity index (χ0v) is 15.5. The minimum absolute atomic E-state index is 0.0434. The molecule has 0 radical (unpaired) electrons. The first-order valence-electron chi connectivity index (χ1n) is 8.22. The van der Waals surface area contributed by atoms with Crippen molar-refractivity contribution in [2.24, 2.45) is 5.41 Å². The molecule has 138 valence electrons. The number of methoxy groups -OCH3 is 2. The van der Waals surface area contributed by atoms with Crippen molar-refractivity contribution in [2.45, 2.75) is 13.8 Å². The second kappa shape index (κ2) is 8.43.